The maximum atomic E-state index is 15.9. The number of hydrogen-bond donors (Lipinski definition) is 3. The second-order valence-corrected chi connectivity index (χ2v) is 10.6. The molecule has 2 aliphatic rings. The predicted molar refractivity (Wildman–Crippen MR) is 149 cm³/mol. The van der Waals surface area contributed by atoms with Gasteiger partial charge in [-0.1, -0.05) is 41.4 Å². The van der Waals surface area contributed by atoms with Crippen LogP contribution in [0.1, 0.15) is 47.3 Å². The van der Waals surface area contributed by atoms with Crippen LogP contribution in [0.15, 0.2) is 42.6 Å². The van der Waals surface area contributed by atoms with Crippen molar-refractivity contribution in [3.8, 4) is 11.3 Å². The molecule has 2 amide bonds. The number of aliphatic hydroxyl groups excluding tert-OH is 1. The molecule has 2 unspecified atom stereocenters. The molecule has 0 bridgehead atoms. The van der Waals surface area contributed by atoms with Gasteiger partial charge in [-0.15, -0.1) is 0 Å². The van der Waals surface area contributed by atoms with Gasteiger partial charge in [-0.2, -0.15) is 0 Å². The highest BCUT2D eigenvalue weighted by Gasteiger charge is 2.37. The Hall–Kier alpha value is -3.31. The number of nitrogens with zero attached hydrogens (tertiary/aromatic N) is 3. The molecule has 1 aromatic heterocycles. The summed E-state index contributed by atoms with van der Waals surface area (Å²) < 4.78 is 21.3. The first-order chi connectivity index (χ1) is 19.3. The van der Waals surface area contributed by atoms with Gasteiger partial charge < -0.3 is 25.4 Å². The molecule has 0 saturated carbocycles. The van der Waals surface area contributed by atoms with Crippen LogP contribution < -0.4 is 10.6 Å². The molecule has 3 N–H and O–H groups in total. The molecular weight excluding hydrogens is 560 g/mol. The van der Waals surface area contributed by atoms with Crippen LogP contribution in [0.2, 0.25) is 10.0 Å². The number of aliphatic hydroxyl groups is 1. The third-order valence-corrected chi connectivity index (χ3v) is 7.71. The first kappa shape index (κ1) is 28.2. The summed E-state index contributed by atoms with van der Waals surface area (Å²) >= 11 is 12.4. The number of benzene rings is 2. The van der Waals surface area contributed by atoms with E-state index in [0.717, 1.165) is 12.8 Å². The van der Waals surface area contributed by atoms with Crippen LogP contribution in [-0.4, -0.2) is 63.7 Å². The van der Waals surface area contributed by atoms with E-state index in [0.29, 0.717) is 35.3 Å². The summed E-state index contributed by atoms with van der Waals surface area (Å²) in [6.07, 6.45) is 2.99. The Kier molecular flexibility index (Phi) is 8.51. The van der Waals surface area contributed by atoms with Crippen molar-refractivity contribution in [1.29, 1.82) is 0 Å². The van der Waals surface area contributed by atoms with E-state index in [-0.39, 0.29) is 41.0 Å². The maximum absolute atomic E-state index is 15.9. The van der Waals surface area contributed by atoms with Crippen molar-refractivity contribution in [2.75, 3.05) is 25.1 Å². The summed E-state index contributed by atoms with van der Waals surface area (Å²) in [5, 5.41) is 16.4. The van der Waals surface area contributed by atoms with Crippen molar-refractivity contribution in [1.82, 2.24) is 20.2 Å². The summed E-state index contributed by atoms with van der Waals surface area (Å²) in [7, 11) is 0. The quantitative estimate of drug-likeness (QED) is 0.358. The Bertz CT molecular complexity index is 1440. The number of carbonyl (C=O) groups excluding carboxylic acids is 2. The molecule has 1 fully saturated rings. The SMILES string of the molecule is CC(C(=O)NC(CO)c1cccc(Cl)c1)N1Cc2ccc(-c3nc(NC4CCOCC4)ncc3Cl)c(F)c2C1=O. The summed E-state index contributed by atoms with van der Waals surface area (Å²) in [5.41, 5.74) is 1.17. The number of nitrogens with one attached hydrogen (secondary N) is 2. The Labute approximate surface area is 240 Å². The number of carbonyl (C=O) groups is 2. The molecule has 40 heavy (non-hydrogen) atoms. The molecule has 0 spiro atoms. The van der Waals surface area contributed by atoms with Crippen LogP contribution in [0, 0.1) is 5.82 Å². The van der Waals surface area contributed by atoms with Crippen molar-refractivity contribution in [2.24, 2.45) is 0 Å². The van der Waals surface area contributed by atoms with E-state index in [9.17, 15) is 14.7 Å². The molecule has 3 aromatic rings. The lowest BCUT2D eigenvalue weighted by Crippen LogP contribution is -2.46. The van der Waals surface area contributed by atoms with Crippen molar-refractivity contribution in [3.05, 3.63) is 75.1 Å². The molecular formula is C28H28Cl2FN5O4. The fourth-order valence-corrected chi connectivity index (χ4v) is 5.31. The van der Waals surface area contributed by atoms with E-state index in [1.165, 1.54) is 17.2 Å². The molecule has 2 aliphatic heterocycles. The Morgan fingerprint density at radius 2 is 2.02 bits per heavy atom. The van der Waals surface area contributed by atoms with Gasteiger partial charge in [-0.3, -0.25) is 9.59 Å². The standard InChI is InChI=1S/C28H28Cl2FN5O4/c1-15(26(38)34-22(14-37)16-3-2-4-18(29)11-16)36-13-17-5-6-20(24(31)23(17)27(36)39)25-21(30)12-32-28(35-25)33-19-7-9-40-10-8-19/h2-6,11-12,15,19,22,37H,7-10,13-14H2,1H3,(H,34,38)(H,32,33,35). The largest absolute Gasteiger partial charge is 0.394 e. The number of halogens is 3. The molecule has 2 atom stereocenters. The highest BCUT2D eigenvalue weighted by Crippen LogP contribution is 2.35. The molecule has 0 radical (unpaired) electrons. The van der Waals surface area contributed by atoms with Gasteiger partial charge in [0.1, 0.15) is 11.9 Å². The number of amides is 2. The molecule has 2 aromatic carbocycles. The van der Waals surface area contributed by atoms with Crippen LogP contribution in [0.3, 0.4) is 0 Å². The zero-order valence-corrected chi connectivity index (χ0v) is 23.2. The van der Waals surface area contributed by atoms with Gasteiger partial charge in [0.2, 0.25) is 11.9 Å². The van der Waals surface area contributed by atoms with E-state index >= 15 is 4.39 Å². The second kappa shape index (κ2) is 12.1. The lowest BCUT2D eigenvalue weighted by Gasteiger charge is -2.26. The third-order valence-electron chi connectivity index (χ3n) is 7.19. The van der Waals surface area contributed by atoms with Gasteiger partial charge in [0, 0.05) is 36.4 Å². The predicted octanol–water partition coefficient (Wildman–Crippen LogP) is 4.37. The highest BCUT2D eigenvalue weighted by molar-refractivity contribution is 6.33. The van der Waals surface area contributed by atoms with E-state index in [4.69, 9.17) is 27.9 Å². The normalized spacial score (nSPS) is 16.9. The summed E-state index contributed by atoms with van der Waals surface area (Å²) in [5.74, 6) is -1.57. The lowest BCUT2D eigenvalue weighted by molar-refractivity contribution is -0.126. The van der Waals surface area contributed by atoms with Gasteiger partial charge in [-0.25, -0.2) is 14.4 Å². The minimum atomic E-state index is -0.936. The molecule has 9 nitrogen and oxygen atoms in total. The van der Waals surface area contributed by atoms with Crippen molar-refractivity contribution in [2.45, 2.75) is 44.4 Å². The molecule has 3 heterocycles. The zero-order chi connectivity index (χ0) is 28.4. The topological polar surface area (TPSA) is 117 Å². The number of fused-ring (bicyclic) bond motifs is 1. The third kappa shape index (κ3) is 5.76. The molecule has 5 rings (SSSR count). The molecule has 12 heteroatoms. The lowest BCUT2D eigenvalue weighted by atomic mass is 10.0. The van der Waals surface area contributed by atoms with Crippen LogP contribution >= 0.6 is 23.2 Å². The Morgan fingerprint density at radius 1 is 1.25 bits per heavy atom. The van der Waals surface area contributed by atoms with Gasteiger partial charge >= 0.3 is 0 Å². The smallest absolute Gasteiger partial charge is 0.258 e. The van der Waals surface area contributed by atoms with Crippen LogP contribution in [0.25, 0.3) is 11.3 Å². The number of aromatic nitrogens is 2. The average Bonchev–Trinajstić information content (AvgIpc) is 3.30. The van der Waals surface area contributed by atoms with Crippen molar-refractivity contribution < 1.29 is 23.8 Å². The van der Waals surface area contributed by atoms with Crippen LogP contribution in [0.5, 0.6) is 0 Å². The monoisotopic (exact) mass is 587 g/mol. The fraction of sp³-hybridized carbons (Fsp3) is 0.357. The van der Waals surface area contributed by atoms with E-state index in [1.807, 2.05) is 0 Å². The van der Waals surface area contributed by atoms with Crippen LogP contribution in [0.4, 0.5) is 10.3 Å². The first-order valence-corrected chi connectivity index (χ1v) is 13.7. The van der Waals surface area contributed by atoms with Gasteiger partial charge in [0.15, 0.2) is 0 Å². The fourth-order valence-electron chi connectivity index (χ4n) is 4.92. The number of ether oxygens (including phenoxy) is 1. The van der Waals surface area contributed by atoms with E-state index < -0.39 is 29.7 Å². The average molecular weight is 588 g/mol. The summed E-state index contributed by atoms with van der Waals surface area (Å²) in [6, 6.07) is 8.41. The Morgan fingerprint density at radius 3 is 2.75 bits per heavy atom. The molecule has 1 saturated heterocycles. The minimum Gasteiger partial charge on any atom is -0.394 e. The van der Waals surface area contributed by atoms with Crippen LogP contribution in [-0.2, 0) is 16.1 Å². The zero-order valence-electron chi connectivity index (χ0n) is 21.7. The van der Waals surface area contributed by atoms with Gasteiger partial charge in [-0.05, 0) is 49.1 Å². The van der Waals surface area contributed by atoms with E-state index in [1.54, 1.807) is 37.3 Å². The summed E-state index contributed by atoms with van der Waals surface area (Å²) in [6.45, 7) is 2.51. The van der Waals surface area contributed by atoms with E-state index in [2.05, 4.69) is 20.6 Å². The van der Waals surface area contributed by atoms with Gasteiger partial charge in [0.05, 0.1) is 35.1 Å². The second-order valence-electron chi connectivity index (χ2n) is 9.79. The number of anilines is 1. The Balaban J connectivity index is 1.35. The van der Waals surface area contributed by atoms with Gasteiger partial charge in [0.25, 0.3) is 5.91 Å². The molecule has 210 valence electrons. The number of rotatable bonds is 8. The summed E-state index contributed by atoms with van der Waals surface area (Å²) in [4.78, 5) is 36.4. The minimum absolute atomic E-state index is 0.0506. The maximum Gasteiger partial charge on any atom is 0.258 e. The van der Waals surface area contributed by atoms with Crippen molar-refractivity contribution in [3.63, 3.8) is 0 Å². The molecule has 0 aliphatic carbocycles. The first-order valence-electron chi connectivity index (χ1n) is 12.9. The highest BCUT2D eigenvalue weighted by atomic mass is 35.5. The van der Waals surface area contributed by atoms with Crippen molar-refractivity contribution >= 4 is 41.0 Å². The number of hydrogen-bond acceptors (Lipinski definition) is 7.